The van der Waals surface area contributed by atoms with Crippen LogP contribution in [-0.2, 0) is 4.52 Å². The van der Waals surface area contributed by atoms with Crippen molar-refractivity contribution in [3.05, 3.63) is 59.7 Å². The number of carbonyl (C=O) groups is 2. The summed E-state index contributed by atoms with van der Waals surface area (Å²) in [6, 6.07) is 14.8. The molecule has 0 amide bonds. The van der Waals surface area contributed by atoms with Gasteiger partial charge in [-0.05, 0) is 0 Å². The van der Waals surface area contributed by atoms with E-state index in [0.29, 0.717) is 10.5 Å². The van der Waals surface area contributed by atoms with E-state index in [9.17, 15) is 14.7 Å². The Balaban J connectivity index is 2.13. The van der Waals surface area contributed by atoms with Crippen LogP contribution in [0, 0.1) is 0 Å². The first-order chi connectivity index (χ1) is 23.8. The minimum absolute atomic E-state index is 0.179. The minimum atomic E-state index is -2.84. The molecule has 7 heteroatoms. The third-order valence-electron chi connectivity index (χ3n) is 10.1. The average Bonchev–Trinajstić information content (AvgIpc) is 3.12. The fourth-order valence-electron chi connectivity index (χ4n) is 7.03. The van der Waals surface area contributed by atoms with E-state index in [-0.39, 0.29) is 11.5 Å². The Morgan fingerprint density at radius 2 is 0.857 bits per heavy atom. The summed E-state index contributed by atoms with van der Waals surface area (Å²) in [4.78, 5) is 27.7. The van der Waals surface area contributed by atoms with Crippen LogP contribution < -0.4 is 0 Å². The van der Waals surface area contributed by atoms with Gasteiger partial charge in [0.05, 0.1) is 0 Å². The van der Waals surface area contributed by atoms with Crippen molar-refractivity contribution in [1.82, 2.24) is 0 Å². The molecule has 2 aromatic carbocycles. The normalized spacial score (nSPS) is 12.4. The molecule has 0 spiro atoms. The molecule has 49 heavy (non-hydrogen) atoms. The Morgan fingerprint density at radius 3 is 1.29 bits per heavy atom. The van der Waals surface area contributed by atoms with E-state index in [1.54, 1.807) is 12.1 Å². The van der Waals surface area contributed by atoms with Crippen molar-refractivity contribution in [2.45, 2.75) is 166 Å². The molecule has 0 radical (unpaired) electrons. The van der Waals surface area contributed by atoms with Gasteiger partial charge < -0.3 is 0 Å². The number of benzene rings is 2. The Bertz CT molecular complexity index is 1180. The third kappa shape index (κ3) is 16.2. The summed E-state index contributed by atoms with van der Waals surface area (Å²) in [6.07, 6.45) is 29.7. The molecule has 278 valence electrons. The van der Waals surface area contributed by atoms with Gasteiger partial charge in [-0.3, -0.25) is 0 Å². The van der Waals surface area contributed by atoms with Gasteiger partial charge in [-0.2, -0.15) is 0 Å². The monoisotopic (exact) mass is 732 g/mol. The number of rotatable bonds is 30. The van der Waals surface area contributed by atoms with E-state index in [2.05, 4.69) is 27.7 Å². The first kappa shape index (κ1) is 43.7. The second-order valence-electron chi connectivity index (χ2n) is 14.3. The standard InChI is InChI=1S/C42H69O4PS2/c1-5-9-13-14-15-16-17-18-19-20-21-22-23-28-36-47(33-10-6-2,34-11-7-3,35-12-8-4)46-42(45)38-30-25-27-32-40(38)49-48-39-31-26-24-29-37(39)41(43)44/h24-27,29-32H,5-23,28,33-36H2,1-4H3,(H,43,44). The Morgan fingerprint density at radius 1 is 0.510 bits per heavy atom. The maximum absolute atomic E-state index is 14.4. The molecule has 0 saturated heterocycles. The molecular formula is C42H69O4PS2. The first-order valence-electron chi connectivity index (χ1n) is 19.8. The maximum atomic E-state index is 14.4. The molecule has 0 saturated carbocycles. The molecule has 0 heterocycles. The Labute approximate surface area is 308 Å². The van der Waals surface area contributed by atoms with E-state index >= 15 is 0 Å². The molecule has 0 aliphatic carbocycles. The fraction of sp³-hybridized carbons (Fsp3) is 0.667. The molecule has 0 aromatic heterocycles. The molecule has 0 bridgehead atoms. The van der Waals surface area contributed by atoms with E-state index in [1.165, 1.54) is 105 Å². The number of aromatic carboxylic acids is 1. The molecule has 2 aromatic rings. The van der Waals surface area contributed by atoms with E-state index in [4.69, 9.17) is 4.52 Å². The van der Waals surface area contributed by atoms with Crippen LogP contribution in [0.1, 0.15) is 177 Å². The van der Waals surface area contributed by atoms with E-state index < -0.39 is 12.8 Å². The Hall–Kier alpha value is -1.49. The molecular weight excluding hydrogens is 664 g/mol. The summed E-state index contributed by atoms with van der Waals surface area (Å²) in [5.74, 6) is -1.12. The topological polar surface area (TPSA) is 63.6 Å². The van der Waals surface area contributed by atoms with Gasteiger partial charge in [0.25, 0.3) is 0 Å². The van der Waals surface area contributed by atoms with Crippen molar-refractivity contribution in [3.63, 3.8) is 0 Å². The molecule has 1 N–H and O–H groups in total. The third-order valence-corrected chi connectivity index (χ3v) is 19.0. The molecule has 0 aliphatic rings. The van der Waals surface area contributed by atoms with Crippen molar-refractivity contribution >= 4 is 40.4 Å². The molecule has 2 rings (SSSR count). The van der Waals surface area contributed by atoms with Crippen LogP contribution in [0.15, 0.2) is 58.3 Å². The number of hydrogen-bond acceptors (Lipinski definition) is 5. The summed E-state index contributed by atoms with van der Waals surface area (Å²) < 4.78 is 7.16. The molecule has 0 unspecified atom stereocenters. The van der Waals surface area contributed by atoms with Gasteiger partial charge >= 0.3 is 284 Å². The van der Waals surface area contributed by atoms with Crippen LogP contribution in [0.25, 0.3) is 0 Å². The van der Waals surface area contributed by atoms with Crippen molar-refractivity contribution in [3.8, 4) is 0 Å². The van der Waals surface area contributed by atoms with Crippen molar-refractivity contribution < 1.29 is 19.2 Å². The summed E-state index contributed by atoms with van der Waals surface area (Å²) >= 11 is 0. The SMILES string of the molecule is CCCCCCCCCCCCCCCCP(CCCC)(CCCC)(CCCC)OC(=O)c1ccccc1SSc1ccccc1C(=O)O. The van der Waals surface area contributed by atoms with Crippen LogP contribution in [-0.4, -0.2) is 41.7 Å². The average molecular weight is 733 g/mol. The molecule has 4 nitrogen and oxygen atoms in total. The molecule has 0 fully saturated rings. The summed E-state index contributed by atoms with van der Waals surface area (Å²) in [5, 5.41) is 9.68. The van der Waals surface area contributed by atoms with Gasteiger partial charge in [-0.25, -0.2) is 0 Å². The van der Waals surface area contributed by atoms with Gasteiger partial charge in [-0.1, -0.05) is 26.2 Å². The van der Waals surface area contributed by atoms with Gasteiger partial charge in [0, 0.05) is 0 Å². The number of unbranched alkanes of at least 4 members (excludes halogenated alkanes) is 16. The fourth-order valence-corrected chi connectivity index (χ4v) is 16.0. The van der Waals surface area contributed by atoms with E-state index in [0.717, 1.165) is 74.5 Å². The molecule has 0 atom stereocenters. The number of carbonyl (C=O) groups excluding carboxylic acids is 1. The zero-order chi connectivity index (χ0) is 35.7. The van der Waals surface area contributed by atoms with Gasteiger partial charge in [0.15, 0.2) is 0 Å². The first-order valence-corrected chi connectivity index (χ1v) is 24.9. The van der Waals surface area contributed by atoms with Crippen molar-refractivity contribution in [2.24, 2.45) is 0 Å². The predicted octanol–water partition coefficient (Wildman–Crippen LogP) is 14.7. The zero-order valence-electron chi connectivity index (χ0n) is 31.5. The summed E-state index contributed by atoms with van der Waals surface area (Å²) in [7, 11) is 2.83. The quantitative estimate of drug-likeness (QED) is 0.0490. The van der Waals surface area contributed by atoms with Crippen LogP contribution >= 0.6 is 28.4 Å². The number of hydrogen-bond donors (Lipinski definition) is 1. The van der Waals surface area contributed by atoms with Crippen LogP contribution in [0.4, 0.5) is 0 Å². The number of carboxylic acid groups (broad SMARTS) is 1. The van der Waals surface area contributed by atoms with Gasteiger partial charge in [-0.15, -0.1) is 0 Å². The zero-order valence-corrected chi connectivity index (χ0v) is 34.1. The van der Waals surface area contributed by atoms with Crippen LogP contribution in [0.2, 0.25) is 0 Å². The molecule has 0 aliphatic heterocycles. The van der Waals surface area contributed by atoms with Gasteiger partial charge in [0.2, 0.25) is 0 Å². The Kier molecular flexibility index (Phi) is 22.7. The van der Waals surface area contributed by atoms with Crippen LogP contribution in [0.5, 0.6) is 0 Å². The van der Waals surface area contributed by atoms with Crippen molar-refractivity contribution in [2.75, 3.05) is 24.6 Å². The second kappa shape index (κ2) is 25.5. The summed E-state index contributed by atoms with van der Waals surface area (Å²) in [5.41, 5.74) is 0.879. The summed E-state index contributed by atoms with van der Waals surface area (Å²) in [6.45, 7) is 6.22. The predicted molar refractivity (Wildman–Crippen MR) is 218 cm³/mol. The van der Waals surface area contributed by atoms with E-state index in [1.807, 2.05) is 36.4 Å². The number of carboxylic acids is 1. The second-order valence-corrected chi connectivity index (χ2v) is 22.2. The van der Waals surface area contributed by atoms with Gasteiger partial charge in [0.1, 0.15) is 0 Å². The van der Waals surface area contributed by atoms with Crippen LogP contribution in [0.3, 0.4) is 0 Å². The van der Waals surface area contributed by atoms with Crippen molar-refractivity contribution in [1.29, 1.82) is 0 Å².